The number of methoxy groups -OCH3 is 3. The number of aliphatic hydroxyl groups is 2. The molecule has 0 unspecified atom stereocenters. The third-order valence-electron chi connectivity index (χ3n) is 13.4. The summed E-state index contributed by atoms with van der Waals surface area (Å²) in [5, 5.41) is 34.8. The molecule has 3 aliphatic heterocycles. The first-order valence-corrected chi connectivity index (χ1v) is 22.0. The van der Waals surface area contributed by atoms with Crippen LogP contribution < -0.4 is 5.32 Å². The Hall–Kier alpha value is -3.31. The van der Waals surface area contributed by atoms with Crippen LogP contribution in [0.1, 0.15) is 105 Å². The zero-order chi connectivity index (χ0) is 45.2. The average molecular weight is 861 g/mol. The maximum atomic E-state index is 14.8. The molecule has 15 nitrogen and oxygen atoms in total. The van der Waals surface area contributed by atoms with Crippen molar-refractivity contribution in [1.29, 1.82) is 0 Å². The Labute approximate surface area is 361 Å². The van der Waals surface area contributed by atoms with Gasteiger partial charge in [-0.1, -0.05) is 44.6 Å². The standard InChI is InChI=1S/C46H72N2O13/c1-10-13-32-19-26(2)18-27(3)20-38(58-8)42-39(59-9)22-29(5)46(61-42,47-25-40(52)53)43(54)44(55)48-17-12-11-14-33(48)45(56)60-41(30(6)35(50)24-36(32)51)28(4)21-31-15-16-34(49)37(23-31)57-7/h10,19,21,27,29-35,37-39,41-42,47,49-50H,1,11-18,20,22-25H2,2-9H3,(H,52,53)/b26-19+,28-21+/t27-,29+,30+,31-,32+,33-,34+,35-,37+,38-,39-,41+,42+,46+/m0/s1. The van der Waals surface area contributed by atoms with Crippen LogP contribution in [0.2, 0.25) is 0 Å². The van der Waals surface area contributed by atoms with Crippen LogP contribution in [0.4, 0.5) is 0 Å². The number of piperidine rings is 1. The number of hydrogen-bond donors (Lipinski definition) is 4. The predicted octanol–water partition coefficient (Wildman–Crippen LogP) is 4.32. The number of hydrogen-bond acceptors (Lipinski definition) is 13. The van der Waals surface area contributed by atoms with Crippen LogP contribution in [-0.2, 0) is 47.7 Å². The molecule has 3 fully saturated rings. The molecule has 1 amide bonds. The minimum Gasteiger partial charge on any atom is -0.480 e. The molecule has 1 aliphatic carbocycles. The van der Waals surface area contributed by atoms with Gasteiger partial charge >= 0.3 is 11.9 Å². The Morgan fingerprint density at radius 1 is 0.951 bits per heavy atom. The molecule has 61 heavy (non-hydrogen) atoms. The number of rotatable bonds is 10. The topological polar surface area (TPSA) is 207 Å². The Morgan fingerprint density at radius 3 is 2.26 bits per heavy atom. The van der Waals surface area contributed by atoms with Crippen molar-refractivity contribution in [2.45, 2.75) is 160 Å². The van der Waals surface area contributed by atoms with Gasteiger partial charge in [-0.15, -0.1) is 6.58 Å². The van der Waals surface area contributed by atoms with Gasteiger partial charge in [-0.05, 0) is 95.5 Å². The monoisotopic (exact) mass is 861 g/mol. The van der Waals surface area contributed by atoms with E-state index >= 15 is 0 Å². The summed E-state index contributed by atoms with van der Waals surface area (Å²) in [5.41, 5.74) is -0.543. The van der Waals surface area contributed by atoms with Gasteiger partial charge in [0.2, 0.25) is 0 Å². The summed E-state index contributed by atoms with van der Waals surface area (Å²) >= 11 is 0. The summed E-state index contributed by atoms with van der Waals surface area (Å²) in [4.78, 5) is 71.2. The number of carbonyl (C=O) groups is 5. The molecule has 1 saturated carbocycles. The number of Topliss-reactive ketones (excluding diaryl/α,β-unsaturated/α-hetero) is 2. The number of aliphatic hydroxyl groups excluding tert-OH is 2. The molecule has 4 aliphatic rings. The van der Waals surface area contributed by atoms with Crippen molar-refractivity contribution in [1.82, 2.24) is 10.2 Å². The number of allylic oxidation sites excluding steroid dienone is 4. The molecule has 4 N–H and O–H groups in total. The summed E-state index contributed by atoms with van der Waals surface area (Å²) in [6, 6.07) is -1.18. The fourth-order valence-electron chi connectivity index (χ4n) is 9.95. The lowest BCUT2D eigenvalue weighted by molar-refractivity contribution is -0.243. The number of cyclic esters (lactones) is 1. The van der Waals surface area contributed by atoms with Gasteiger partial charge in [0, 0.05) is 52.0 Å². The molecule has 15 heteroatoms. The number of nitrogens with one attached hydrogen (secondary N) is 1. The Bertz CT molecular complexity index is 1610. The average Bonchev–Trinajstić information content (AvgIpc) is 3.23. The van der Waals surface area contributed by atoms with E-state index in [-0.39, 0.29) is 49.5 Å². The first-order chi connectivity index (χ1) is 28.9. The lowest BCUT2D eigenvalue weighted by Crippen LogP contribution is -2.70. The van der Waals surface area contributed by atoms with Crippen LogP contribution in [0.25, 0.3) is 0 Å². The number of ketones is 2. The normalized spacial score (nSPS) is 39.0. The summed E-state index contributed by atoms with van der Waals surface area (Å²) in [7, 11) is 4.59. The van der Waals surface area contributed by atoms with E-state index in [0.29, 0.717) is 56.9 Å². The zero-order valence-corrected chi connectivity index (χ0v) is 37.5. The van der Waals surface area contributed by atoms with E-state index in [4.69, 9.17) is 23.7 Å². The van der Waals surface area contributed by atoms with Crippen molar-refractivity contribution in [3.8, 4) is 0 Å². The minimum atomic E-state index is -2.11. The second kappa shape index (κ2) is 22.9. The maximum Gasteiger partial charge on any atom is 0.329 e. The quantitative estimate of drug-likeness (QED) is 0.137. The van der Waals surface area contributed by atoms with E-state index in [1.54, 1.807) is 34.0 Å². The first-order valence-electron chi connectivity index (χ1n) is 22.0. The van der Waals surface area contributed by atoms with Crippen LogP contribution in [0, 0.1) is 29.6 Å². The summed E-state index contributed by atoms with van der Waals surface area (Å²) < 4.78 is 30.4. The summed E-state index contributed by atoms with van der Waals surface area (Å²) in [6.45, 7) is 12.4. The molecule has 14 atom stereocenters. The molecule has 2 bridgehead atoms. The van der Waals surface area contributed by atoms with Gasteiger partial charge in [0.25, 0.3) is 11.7 Å². The van der Waals surface area contributed by atoms with Gasteiger partial charge in [-0.3, -0.25) is 24.5 Å². The number of carboxylic acid groups (broad SMARTS) is 1. The van der Waals surface area contributed by atoms with Crippen molar-refractivity contribution in [3.05, 3.63) is 36.0 Å². The van der Waals surface area contributed by atoms with Crippen LogP contribution >= 0.6 is 0 Å². The minimum absolute atomic E-state index is 0.0287. The Balaban J connectivity index is 1.84. The van der Waals surface area contributed by atoms with E-state index < -0.39 is 96.3 Å². The van der Waals surface area contributed by atoms with Gasteiger partial charge in [0.1, 0.15) is 24.0 Å². The van der Waals surface area contributed by atoms with Crippen LogP contribution in [-0.4, -0.2) is 139 Å². The number of ether oxygens (including phenoxy) is 5. The lowest BCUT2D eigenvalue weighted by Gasteiger charge is -2.49. The van der Waals surface area contributed by atoms with Gasteiger partial charge < -0.3 is 43.9 Å². The molecular formula is C46H72N2O13. The number of amides is 1. The Kier molecular flexibility index (Phi) is 18.9. The largest absolute Gasteiger partial charge is 0.480 e. The van der Waals surface area contributed by atoms with Crippen molar-refractivity contribution in [3.63, 3.8) is 0 Å². The number of carbonyl (C=O) groups excluding carboxylic acids is 4. The molecule has 0 spiro atoms. The molecule has 0 aromatic carbocycles. The van der Waals surface area contributed by atoms with Crippen molar-refractivity contribution in [2.24, 2.45) is 29.6 Å². The molecule has 4 rings (SSSR count). The fourth-order valence-corrected chi connectivity index (χ4v) is 9.95. The smallest absolute Gasteiger partial charge is 0.329 e. The van der Waals surface area contributed by atoms with E-state index in [9.17, 15) is 39.3 Å². The molecular weight excluding hydrogens is 789 g/mol. The SMILES string of the molecule is C=CC[C@@H]1/C=C(\C)C[C@H](C)C[C@H](OC)[C@H]2O[C@@](NCC(=O)O)(C(=O)C(=O)N3CCCC[C@H]3C(=O)O[C@H](/C(C)=C/[C@@H]3CC[C@@H](O)[C@H](OC)C3)[C@H](C)[C@@H](O)CC1=O)[C@H](C)C[C@@H]2OC. The fraction of sp³-hybridized carbons (Fsp3) is 0.761. The number of nitrogens with zero attached hydrogens (tertiary/aromatic N) is 1. The van der Waals surface area contributed by atoms with Gasteiger partial charge in [-0.2, -0.15) is 0 Å². The number of fused-ring (bicyclic) bond motifs is 3. The molecule has 0 radical (unpaired) electrons. The first kappa shape index (κ1) is 50.3. The predicted molar refractivity (Wildman–Crippen MR) is 226 cm³/mol. The molecule has 0 aromatic rings. The zero-order valence-electron chi connectivity index (χ0n) is 37.5. The van der Waals surface area contributed by atoms with Crippen LogP contribution in [0.15, 0.2) is 36.0 Å². The lowest BCUT2D eigenvalue weighted by atomic mass is 9.80. The highest BCUT2D eigenvalue weighted by Gasteiger charge is 2.57. The van der Waals surface area contributed by atoms with Crippen molar-refractivity contribution in [2.75, 3.05) is 34.4 Å². The highest BCUT2D eigenvalue weighted by Crippen LogP contribution is 2.39. The third kappa shape index (κ3) is 12.5. The molecule has 0 aromatic heterocycles. The van der Waals surface area contributed by atoms with Crippen molar-refractivity contribution < 1.29 is 63.0 Å². The number of carboxylic acids is 1. The second-order valence-corrected chi connectivity index (χ2v) is 18.1. The van der Waals surface area contributed by atoms with Gasteiger partial charge in [0.15, 0.2) is 5.72 Å². The summed E-state index contributed by atoms with van der Waals surface area (Å²) in [6.07, 6.45) is 4.49. The van der Waals surface area contributed by atoms with E-state index in [2.05, 4.69) is 11.9 Å². The van der Waals surface area contributed by atoms with E-state index in [1.165, 1.54) is 19.1 Å². The molecule has 3 heterocycles. The maximum absolute atomic E-state index is 14.8. The van der Waals surface area contributed by atoms with E-state index in [1.807, 2.05) is 26.0 Å². The molecule has 2 saturated heterocycles. The number of esters is 1. The second-order valence-electron chi connectivity index (χ2n) is 18.1. The van der Waals surface area contributed by atoms with Crippen LogP contribution in [0.5, 0.6) is 0 Å². The van der Waals surface area contributed by atoms with Gasteiger partial charge in [-0.25, -0.2) is 4.79 Å². The van der Waals surface area contributed by atoms with Gasteiger partial charge in [0.05, 0.1) is 37.1 Å². The highest BCUT2D eigenvalue weighted by molar-refractivity contribution is 6.39. The molecule has 344 valence electrons. The highest BCUT2D eigenvalue weighted by atomic mass is 16.6. The van der Waals surface area contributed by atoms with Crippen molar-refractivity contribution >= 4 is 29.4 Å². The number of aliphatic carboxylic acids is 1. The third-order valence-corrected chi connectivity index (χ3v) is 13.4. The van der Waals surface area contributed by atoms with E-state index in [0.717, 1.165) is 5.57 Å². The Morgan fingerprint density at radius 2 is 1.62 bits per heavy atom. The summed E-state index contributed by atoms with van der Waals surface area (Å²) in [5.74, 6) is -6.44. The van der Waals surface area contributed by atoms with Crippen LogP contribution in [0.3, 0.4) is 0 Å².